The summed E-state index contributed by atoms with van der Waals surface area (Å²) >= 11 is 0. The van der Waals surface area contributed by atoms with Gasteiger partial charge in [-0.1, -0.05) is 63.3 Å². The molecule has 0 saturated carbocycles. The number of allylic oxidation sites excluding steroid dienone is 1. The first-order chi connectivity index (χ1) is 7.38. The molecular formula is C14H19O2Zn-. The summed E-state index contributed by atoms with van der Waals surface area (Å²) in [6.45, 7) is 6.82. The molecule has 0 aromatic heterocycles. The minimum atomic E-state index is -1.01. The maximum Gasteiger partial charge on any atom is 0.0467 e. The number of aliphatic carboxylic acids is 1. The summed E-state index contributed by atoms with van der Waals surface area (Å²) in [7, 11) is 0. The van der Waals surface area contributed by atoms with Gasteiger partial charge < -0.3 is 9.90 Å². The normalized spacial score (nSPS) is 10.1. The van der Waals surface area contributed by atoms with Crippen LogP contribution in [-0.2, 0) is 24.3 Å². The summed E-state index contributed by atoms with van der Waals surface area (Å²) in [6.07, 6.45) is 4.12. The quantitative estimate of drug-likeness (QED) is 0.744. The summed E-state index contributed by atoms with van der Waals surface area (Å²) in [5, 5.41) is 9.91. The van der Waals surface area contributed by atoms with E-state index in [2.05, 4.69) is 18.2 Å². The van der Waals surface area contributed by atoms with Crippen molar-refractivity contribution in [2.75, 3.05) is 0 Å². The number of benzene rings is 1. The molecule has 0 bridgehead atoms. The van der Waals surface area contributed by atoms with Crippen LogP contribution in [0, 0.1) is 5.41 Å². The molecular weight excluding hydrogens is 266 g/mol. The molecule has 0 aliphatic carbocycles. The largest absolute Gasteiger partial charge is 0.550 e. The Morgan fingerprint density at radius 2 is 1.59 bits per heavy atom. The third-order valence-corrected chi connectivity index (χ3v) is 1.77. The van der Waals surface area contributed by atoms with E-state index in [-0.39, 0.29) is 19.5 Å². The van der Waals surface area contributed by atoms with Crippen LogP contribution in [0.25, 0.3) is 6.08 Å². The fourth-order valence-corrected chi connectivity index (χ4v) is 0.757. The van der Waals surface area contributed by atoms with Gasteiger partial charge in [0, 0.05) is 30.9 Å². The third-order valence-electron chi connectivity index (χ3n) is 1.77. The van der Waals surface area contributed by atoms with Crippen molar-refractivity contribution in [2.45, 2.75) is 27.7 Å². The minimum absolute atomic E-state index is 0. The third kappa shape index (κ3) is 9.95. The average Bonchev–Trinajstić information content (AvgIpc) is 2.19. The van der Waals surface area contributed by atoms with Crippen molar-refractivity contribution in [1.82, 2.24) is 0 Å². The molecule has 1 rings (SSSR count). The molecule has 2 nitrogen and oxygen atoms in total. The van der Waals surface area contributed by atoms with E-state index in [9.17, 15) is 9.90 Å². The van der Waals surface area contributed by atoms with Crippen molar-refractivity contribution in [3.05, 3.63) is 42.0 Å². The van der Waals surface area contributed by atoms with Crippen molar-refractivity contribution < 1.29 is 29.4 Å². The molecule has 0 amide bonds. The maximum absolute atomic E-state index is 9.91. The summed E-state index contributed by atoms with van der Waals surface area (Å²) in [6, 6.07) is 10.3. The van der Waals surface area contributed by atoms with Gasteiger partial charge in [-0.3, -0.25) is 0 Å². The average molecular weight is 285 g/mol. The summed E-state index contributed by atoms with van der Waals surface area (Å²) in [4.78, 5) is 9.91. The van der Waals surface area contributed by atoms with E-state index < -0.39 is 11.4 Å². The maximum atomic E-state index is 9.91. The summed E-state index contributed by atoms with van der Waals surface area (Å²) in [5.41, 5.74) is 0.569. The van der Waals surface area contributed by atoms with Gasteiger partial charge >= 0.3 is 0 Å². The molecule has 0 atom stereocenters. The van der Waals surface area contributed by atoms with Crippen molar-refractivity contribution in [1.29, 1.82) is 0 Å². The fraction of sp³-hybridized carbons (Fsp3) is 0.357. The molecule has 0 unspecified atom stereocenters. The molecule has 0 aliphatic heterocycles. The molecule has 0 radical (unpaired) electrons. The molecule has 0 aliphatic rings. The zero-order valence-electron chi connectivity index (χ0n) is 11.1. The SMILES string of the molecule is C/C=C/c1ccccc1.CC(C)(C)C(=O)[O-].[Zn]. The van der Waals surface area contributed by atoms with Gasteiger partial charge in [0.2, 0.25) is 0 Å². The van der Waals surface area contributed by atoms with Crippen molar-refractivity contribution in [3.8, 4) is 0 Å². The van der Waals surface area contributed by atoms with Gasteiger partial charge in [-0.2, -0.15) is 0 Å². The van der Waals surface area contributed by atoms with Crippen LogP contribution in [0.3, 0.4) is 0 Å². The Morgan fingerprint density at radius 1 is 1.18 bits per heavy atom. The van der Waals surface area contributed by atoms with E-state index in [0.29, 0.717) is 0 Å². The van der Waals surface area contributed by atoms with Crippen molar-refractivity contribution in [3.63, 3.8) is 0 Å². The number of carbonyl (C=O) groups is 1. The second-order valence-electron chi connectivity index (χ2n) is 4.45. The Balaban J connectivity index is 0. The number of hydrogen-bond donors (Lipinski definition) is 0. The van der Waals surface area contributed by atoms with Crippen LogP contribution in [0.2, 0.25) is 0 Å². The Labute approximate surface area is 117 Å². The fourth-order valence-electron chi connectivity index (χ4n) is 0.757. The van der Waals surface area contributed by atoms with E-state index in [4.69, 9.17) is 0 Å². The Morgan fingerprint density at radius 3 is 1.88 bits per heavy atom. The molecule has 0 saturated heterocycles. The van der Waals surface area contributed by atoms with Gasteiger partial charge in [-0.15, -0.1) is 0 Å². The van der Waals surface area contributed by atoms with Crippen LogP contribution in [-0.4, -0.2) is 5.97 Å². The van der Waals surface area contributed by atoms with Gasteiger partial charge in [-0.05, 0) is 12.5 Å². The molecule has 0 heterocycles. The Bertz CT molecular complexity index is 337. The van der Waals surface area contributed by atoms with Crippen molar-refractivity contribution in [2.24, 2.45) is 5.41 Å². The topological polar surface area (TPSA) is 40.1 Å². The first-order valence-electron chi connectivity index (χ1n) is 5.27. The van der Waals surface area contributed by atoms with Crippen LogP contribution in [0.5, 0.6) is 0 Å². The van der Waals surface area contributed by atoms with E-state index in [1.54, 1.807) is 20.8 Å². The zero-order valence-corrected chi connectivity index (χ0v) is 14.0. The number of carboxylic acid groups (broad SMARTS) is 1. The standard InChI is InChI=1S/C9H10.C5H10O2.Zn/c1-2-6-9-7-4-3-5-8-9;1-5(2,3)4(6)7;/h2-8H,1H3;1-3H3,(H,6,7);/p-1/b6-2+;;. The van der Waals surface area contributed by atoms with Gasteiger partial charge in [0.1, 0.15) is 0 Å². The number of hydrogen-bond acceptors (Lipinski definition) is 2. The Hall–Kier alpha value is -0.947. The predicted molar refractivity (Wildman–Crippen MR) is 65.6 cm³/mol. The van der Waals surface area contributed by atoms with Crippen LogP contribution in [0.15, 0.2) is 36.4 Å². The number of carbonyl (C=O) groups excluding carboxylic acids is 1. The predicted octanol–water partition coefficient (Wildman–Crippen LogP) is 2.50. The second-order valence-corrected chi connectivity index (χ2v) is 4.45. The molecule has 1 aromatic rings. The summed E-state index contributed by atoms with van der Waals surface area (Å²) in [5.74, 6) is -1.01. The zero-order chi connectivity index (χ0) is 12.6. The molecule has 1 aromatic carbocycles. The molecule has 0 fully saturated rings. The van der Waals surface area contributed by atoms with E-state index in [1.807, 2.05) is 31.2 Å². The van der Waals surface area contributed by atoms with E-state index in [0.717, 1.165) is 0 Å². The first kappa shape index (κ1) is 18.4. The van der Waals surface area contributed by atoms with Gasteiger partial charge in [0.05, 0.1) is 0 Å². The number of carboxylic acids is 1. The number of rotatable bonds is 1. The minimum Gasteiger partial charge on any atom is -0.550 e. The second kappa shape index (κ2) is 9.12. The molecule has 0 spiro atoms. The van der Waals surface area contributed by atoms with E-state index in [1.165, 1.54) is 5.56 Å². The van der Waals surface area contributed by atoms with Crippen LogP contribution in [0.1, 0.15) is 33.3 Å². The molecule has 3 heteroatoms. The van der Waals surface area contributed by atoms with Crippen LogP contribution < -0.4 is 5.11 Å². The Kier molecular flexibility index (Phi) is 9.88. The first-order valence-corrected chi connectivity index (χ1v) is 5.27. The van der Waals surface area contributed by atoms with Crippen LogP contribution in [0.4, 0.5) is 0 Å². The van der Waals surface area contributed by atoms with Crippen molar-refractivity contribution >= 4 is 12.0 Å². The van der Waals surface area contributed by atoms with Gasteiger partial charge in [0.25, 0.3) is 0 Å². The van der Waals surface area contributed by atoms with Gasteiger partial charge in [0.15, 0.2) is 0 Å². The van der Waals surface area contributed by atoms with Gasteiger partial charge in [-0.25, -0.2) is 0 Å². The molecule has 90 valence electrons. The monoisotopic (exact) mass is 283 g/mol. The van der Waals surface area contributed by atoms with Crippen LogP contribution >= 0.6 is 0 Å². The summed E-state index contributed by atoms with van der Waals surface area (Å²) < 4.78 is 0. The molecule has 0 N–H and O–H groups in total. The van der Waals surface area contributed by atoms with E-state index >= 15 is 0 Å². The molecule has 17 heavy (non-hydrogen) atoms. The smallest absolute Gasteiger partial charge is 0.0467 e.